The van der Waals surface area contributed by atoms with Gasteiger partial charge in [-0.2, -0.15) is 4.98 Å². The second kappa shape index (κ2) is 4.13. The third kappa shape index (κ3) is 1.83. The molecule has 2 rings (SSSR count). The number of para-hydroxylation sites is 1. The van der Waals surface area contributed by atoms with Crippen LogP contribution in [0.4, 0.5) is 5.95 Å². The number of benzene rings is 1. The molecule has 1 aromatic carbocycles. The van der Waals surface area contributed by atoms with Crippen LogP contribution in [0.15, 0.2) is 30.3 Å². The molecule has 1 N–H and O–H groups in total. The molecule has 0 aliphatic heterocycles. The second-order valence-electron chi connectivity index (χ2n) is 3.20. The van der Waals surface area contributed by atoms with Gasteiger partial charge in [0.2, 0.25) is 5.95 Å². The van der Waals surface area contributed by atoms with Crippen LogP contribution in [0.25, 0.3) is 5.69 Å². The summed E-state index contributed by atoms with van der Waals surface area (Å²) >= 11 is 0. The average Bonchev–Trinajstić information content (AvgIpc) is 2.73. The molecule has 1 heterocycles. The highest BCUT2D eigenvalue weighted by molar-refractivity contribution is 5.34. The molecule has 15 heavy (non-hydrogen) atoms. The first-order valence-electron chi connectivity index (χ1n) is 5.04. The minimum Gasteiger partial charge on any atom is -0.356 e. The molecule has 4 nitrogen and oxygen atoms in total. The lowest BCUT2D eigenvalue weighted by Crippen LogP contribution is -2.01. The Hall–Kier alpha value is -1.84. The maximum Gasteiger partial charge on any atom is 0.242 e. The van der Waals surface area contributed by atoms with Gasteiger partial charge in [0.15, 0.2) is 0 Å². The molecule has 4 heteroatoms. The SMILES string of the molecule is CCc1nc(NC)nn1-c1ccccc1. The van der Waals surface area contributed by atoms with Crippen LogP contribution in [0.2, 0.25) is 0 Å². The molecule has 0 saturated carbocycles. The monoisotopic (exact) mass is 202 g/mol. The summed E-state index contributed by atoms with van der Waals surface area (Å²) in [6.07, 6.45) is 0.865. The van der Waals surface area contributed by atoms with Crippen LogP contribution in [0.5, 0.6) is 0 Å². The van der Waals surface area contributed by atoms with Gasteiger partial charge in [-0.3, -0.25) is 0 Å². The topological polar surface area (TPSA) is 42.7 Å². The molecule has 0 unspecified atom stereocenters. The van der Waals surface area contributed by atoms with E-state index in [1.54, 1.807) is 0 Å². The van der Waals surface area contributed by atoms with Crippen molar-refractivity contribution in [2.45, 2.75) is 13.3 Å². The van der Waals surface area contributed by atoms with Gasteiger partial charge in [0.25, 0.3) is 0 Å². The van der Waals surface area contributed by atoms with Crippen LogP contribution in [0, 0.1) is 0 Å². The summed E-state index contributed by atoms with van der Waals surface area (Å²) in [5, 5.41) is 7.31. The Labute approximate surface area is 89.0 Å². The van der Waals surface area contributed by atoms with Crippen molar-refractivity contribution in [2.75, 3.05) is 12.4 Å². The van der Waals surface area contributed by atoms with E-state index in [0.717, 1.165) is 17.9 Å². The number of nitrogens with zero attached hydrogens (tertiary/aromatic N) is 3. The van der Waals surface area contributed by atoms with Gasteiger partial charge in [-0.25, -0.2) is 4.68 Å². The quantitative estimate of drug-likeness (QED) is 0.826. The van der Waals surface area contributed by atoms with Crippen LogP contribution >= 0.6 is 0 Å². The highest BCUT2D eigenvalue weighted by atomic mass is 15.4. The van der Waals surface area contributed by atoms with Gasteiger partial charge in [0, 0.05) is 13.5 Å². The lowest BCUT2D eigenvalue weighted by atomic mass is 10.3. The van der Waals surface area contributed by atoms with Crippen molar-refractivity contribution in [3.63, 3.8) is 0 Å². The maximum atomic E-state index is 4.36. The molecular formula is C11H14N4. The molecule has 0 amide bonds. The third-order valence-electron chi connectivity index (χ3n) is 2.21. The normalized spacial score (nSPS) is 10.3. The first-order chi connectivity index (χ1) is 7.35. The van der Waals surface area contributed by atoms with Gasteiger partial charge >= 0.3 is 0 Å². The Kier molecular flexibility index (Phi) is 2.67. The molecule has 78 valence electrons. The van der Waals surface area contributed by atoms with Gasteiger partial charge in [-0.15, -0.1) is 5.10 Å². The van der Waals surface area contributed by atoms with Crippen LogP contribution in [-0.2, 0) is 6.42 Å². The fraction of sp³-hybridized carbons (Fsp3) is 0.273. The van der Waals surface area contributed by atoms with E-state index >= 15 is 0 Å². The third-order valence-corrected chi connectivity index (χ3v) is 2.21. The Morgan fingerprint density at radius 2 is 2.00 bits per heavy atom. The van der Waals surface area contributed by atoms with E-state index < -0.39 is 0 Å². The first kappa shape index (κ1) is 9.71. The molecule has 0 atom stereocenters. The van der Waals surface area contributed by atoms with Gasteiger partial charge in [0.05, 0.1) is 5.69 Å². The second-order valence-corrected chi connectivity index (χ2v) is 3.20. The van der Waals surface area contributed by atoms with Crippen molar-refractivity contribution in [1.29, 1.82) is 0 Å². The molecule has 0 saturated heterocycles. The number of hydrogen-bond acceptors (Lipinski definition) is 3. The van der Waals surface area contributed by atoms with E-state index in [4.69, 9.17) is 0 Å². The molecule has 0 spiro atoms. The van der Waals surface area contributed by atoms with Gasteiger partial charge in [-0.1, -0.05) is 25.1 Å². The van der Waals surface area contributed by atoms with Crippen molar-refractivity contribution >= 4 is 5.95 Å². The van der Waals surface area contributed by atoms with Crippen molar-refractivity contribution in [2.24, 2.45) is 0 Å². The zero-order chi connectivity index (χ0) is 10.7. The molecule has 2 aromatic rings. The number of aromatic nitrogens is 3. The highest BCUT2D eigenvalue weighted by Gasteiger charge is 2.07. The van der Waals surface area contributed by atoms with Crippen LogP contribution in [0.1, 0.15) is 12.7 Å². The van der Waals surface area contributed by atoms with Crippen molar-refractivity contribution in [1.82, 2.24) is 14.8 Å². The predicted molar refractivity (Wildman–Crippen MR) is 60.3 cm³/mol. The van der Waals surface area contributed by atoms with Gasteiger partial charge in [-0.05, 0) is 12.1 Å². The van der Waals surface area contributed by atoms with E-state index in [9.17, 15) is 0 Å². The number of rotatable bonds is 3. The van der Waals surface area contributed by atoms with E-state index in [1.807, 2.05) is 42.1 Å². The van der Waals surface area contributed by atoms with Crippen LogP contribution < -0.4 is 5.32 Å². The average molecular weight is 202 g/mol. The highest BCUT2D eigenvalue weighted by Crippen LogP contribution is 2.11. The first-order valence-corrected chi connectivity index (χ1v) is 5.04. The molecule has 0 aliphatic carbocycles. The molecule has 0 bridgehead atoms. The van der Waals surface area contributed by atoms with Gasteiger partial charge < -0.3 is 5.32 Å². The van der Waals surface area contributed by atoms with Crippen molar-refractivity contribution in [3.8, 4) is 5.69 Å². The van der Waals surface area contributed by atoms with Crippen molar-refractivity contribution < 1.29 is 0 Å². The van der Waals surface area contributed by atoms with Crippen molar-refractivity contribution in [3.05, 3.63) is 36.2 Å². The maximum absolute atomic E-state index is 4.36. The zero-order valence-corrected chi connectivity index (χ0v) is 8.94. The smallest absolute Gasteiger partial charge is 0.242 e. The van der Waals surface area contributed by atoms with E-state index in [2.05, 4.69) is 22.3 Å². The van der Waals surface area contributed by atoms with Gasteiger partial charge in [0.1, 0.15) is 5.82 Å². The summed E-state index contributed by atoms with van der Waals surface area (Å²) in [6, 6.07) is 10.0. The van der Waals surface area contributed by atoms with E-state index in [-0.39, 0.29) is 0 Å². The molecule has 0 aliphatic rings. The minimum atomic E-state index is 0.663. The number of aryl methyl sites for hydroxylation is 1. The summed E-state index contributed by atoms with van der Waals surface area (Å²) in [7, 11) is 1.82. The fourth-order valence-electron chi connectivity index (χ4n) is 1.46. The van der Waals surface area contributed by atoms with E-state index in [0.29, 0.717) is 5.95 Å². The molecule has 1 aromatic heterocycles. The fourth-order valence-corrected chi connectivity index (χ4v) is 1.46. The Morgan fingerprint density at radius 3 is 2.60 bits per heavy atom. The summed E-state index contributed by atoms with van der Waals surface area (Å²) in [6.45, 7) is 2.07. The Morgan fingerprint density at radius 1 is 1.27 bits per heavy atom. The summed E-state index contributed by atoms with van der Waals surface area (Å²) in [4.78, 5) is 4.36. The Balaban J connectivity index is 2.47. The molecule has 0 radical (unpaired) electrons. The number of nitrogens with one attached hydrogen (secondary N) is 1. The molecular weight excluding hydrogens is 188 g/mol. The minimum absolute atomic E-state index is 0.663. The summed E-state index contributed by atoms with van der Waals surface area (Å²) in [5.74, 6) is 1.63. The largest absolute Gasteiger partial charge is 0.356 e. The zero-order valence-electron chi connectivity index (χ0n) is 8.94. The molecule has 0 fully saturated rings. The lowest BCUT2D eigenvalue weighted by molar-refractivity contribution is 0.802. The summed E-state index contributed by atoms with van der Waals surface area (Å²) < 4.78 is 1.87. The van der Waals surface area contributed by atoms with E-state index in [1.165, 1.54) is 0 Å². The Bertz CT molecular complexity index is 433. The lowest BCUT2D eigenvalue weighted by Gasteiger charge is -2.02. The number of anilines is 1. The predicted octanol–water partition coefficient (Wildman–Crippen LogP) is 1.87. The van der Waals surface area contributed by atoms with Crippen LogP contribution in [-0.4, -0.2) is 21.8 Å². The summed E-state index contributed by atoms with van der Waals surface area (Å²) in [5.41, 5.74) is 1.04. The number of hydrogen-bond donors (Lipinski definition) is 1. The van der Waals surface area contributed by atoms with Crippen LogP contribution in [0.3, 0.4) is 0 Å². The standard InChI is InChI=1S/C11H14N4/c1-3-10-13-11(12-2)14-15(10)9-7-5-4-6-8-9/h4-8H,3H2,1-2H3,(H,12,14).